The molecule has 0 bridgehead atoms. The van der Waals surface area contributed by atoms with Gasteiger partial charge < -0.3 is 20.3 Å². The van der Waals surface area contributed by atoms with Crippen LogP contribution in [0.5, 0.6) is 5.75 Å². The molecule has 6 heteroatoms. The maximum Gasteiger partial charge on any atom is 0.255 e. The van der Waals surface area contributed by atoms with E-state index in [-0.39, 0.29) is 11.7 Å². The van der Waals surface area contributed by atoms with Gasteiger partial charge in [-0.15, -0.1) is 0 Å². The van der Waals surface area contributed by atoms with Crippen LogP contribution in [0, 0.1) is 6.92 Å². The third-order valence-corrected chi connectivity index (χ3v) is 6.34. The fourth-order valence-electron chi connectivity index (χ4n) is 4.02. The highest BCUT2D eigenvalue weighted by Gasteiger charge is 2.10. The number of hydrogen-bond acceptors (Lipinski definition) is 5. The van der Waals surface area contributed by atoms with Crippen LogP contribution in [-0.4, -0.2) is 43.3 Å². The summed E-state index contributed by atoms with van der Waals surface area (Å²) in [4.78, 5) is 27.5. The van der Waals surface area contributed by atoms with Crippen LogP contribution in [0.1, 0.15) is 59.4 Å². The van der Waals surface area contributed by atoms with Crippen molar-refractivity contribution in [3.05, 3.63) is 83.4 Å². The van der Waals surface area contributed by atoms with E-state index in [0.29, 0.717) is 23.4 Å². The Balaban J connectivity index is 1.52. The second-order valence-corrected chi connectivity index (χ2v) is 8.82. The molecule has 2 N–H and O–H groups in total. The number of methoxy groups -OCH3 is 1. The van der Waals surface area contributed by atoms with E-state index in [4.69, 9.17) is 4.74 Å². The Morgan fingerprint density at radius 2 is 1.47 bits per heavy atom. The van der Waals surface area contributed by atoms with Gasteiger partial charge in [0.1, 0.15) is 5.75 Å². The first-order valence-electron chi connectivity index (χ1n) is 12.6. The molecule has 3 rings (SSSR count). The molecule has 0 aliphatic rings. The summed E-state index contributed by atoms with van der Waals surface area (Å²) >= 11 is 0. The van der Waals surface area contributed by atoms with Gasteiger partial charge >= 0.3 is 0 Å². The van der Waals surface area contributed by atoms with Crippen LogP contribution < -0.4 is 15.4 Å². The fourth-order valence-corrected chi connectivity index (χ4v) is 4.02. The molecule has 36 heavy (non-hydrogen) atoms. The summed E-state index contributed by atoms with van der Waals surface area (Å²) in [5.74, 6) is 0.726. The number of anilines is 3. The maximum atomic E-state index is 12.6. The monoisotopic (exact) mass is 487 g/mol. The molecule has 190 valence electrons. The van der Waals surface area contributed by atoms with Gasteiger partial charge in [0.15, 0.2) is 5.78 Å². The number of unbranched alkanes of at least 4 members (excludes halogenated alkanes) is 1. The van der Waals surface area contributed by atoms with E-state index in [1.165, 1.54) is 0 Å². The molecule has 0 spiro atoms. The molecule has 0 fully saturated rings. The summed E-state index contributed by atoms with van der Waals surface area (Å²) in [5.41, 5.74) is 4.89. The molecule has 6 nitrogen and oxygen atoms in total. The number of rotatable bonds is 13. The van der Waals surface area contributed by atoms with Crippen molar-refractivity contribution in [2.45, 2.75) is 40.0 Å². The average molecular weight is 488 g/mol. The van der Waals surface area contributed by atoms with Crippen molar-refractivity contribution in [1.29, 1.82) is 0 Å². The van der Waals surface area contributed by atoms with Gasteiger partial charge in [-0.1, -0.05) is 13.8 Å². The zero-order valence-electron chi connectivity index (χ0n) is 21.8. The van der Waals surface area contributed by atoms with Crippen LogP contribution in [0.3, 0.4) is 0 Å². The zero-order chi connectivity index (χ0) is 25.9. The Hall–Kier alpha value is -3.64. The van der Waals surface area contributed by atoms with Crippen LogP contribution in [0.2, 0.25) is 0 Å². The first-order chi connectivity index (χ1) is 17.4. The normalized spacial score (nSPS) is 10.8. The Morgan fingerprint density at radius 3 is 2.08 bits per heavy atom. The van der Waals surface area contributed by atoms with Gasteiger partial charge in [0.05, 0.1) is 7.11 Å². The molecular weight excluding hydrogens is 450 g/mol. The molecule has 3 aromatic rings. The minimum atomic E-state index is -0.178. The predicted molar refractivity (Wildman–Crippen MR) is 148 cm³/mol. The molecule has 0 aliphatic carbocycles. The van der Waals surface area contributed by atoms with Gasteiger partial charge in [0.25, 0.3) is 5.91 Å². The molecule has 0 unspecified atom stereocenters. The van der Waals surface area contributed by atoms with Crippen molar-refractivity contribution in [1.82, 2.24) is 4.90 Å². The van der Waals surface area contributed by atoms with E-state index in [9.17, 15) is 9.59 Å². The first-order valence-corrected chi connectivity index (χ1v) is 12.6. The molecule has 3 aromatic carbocycles. The van der Waals surface area contributed by atoms with Gasteiger partial charge in [0, 0.05) is 34.6 Å². The number of nitrogens with zero attached hydrogens (tertiary/aromatic N) is 1. The van der Waals surface area contributed by atoms with Crippen molar-refractivity contribution in [3.63, 3.8) is 0 Å². The van der Waals surface area contributed by atoms with E-state index in [1.807, 2.05) is 49.4 Å². The van der Waals surface area contributed by atoms with Crippen molar-refractivity contribution in [3.8, 4) is 5.75 Å². The summed E-state index contributed by atoms with van der Waals surface area (Å²) in [6, 6.07) is 20.3. The van der Waals surface area contributed by atoms with Crippen LogP contribution in [0.4, 0.5) is 17.1 Å². The summed E-state index contributed by atoms with van der Waals surface area (Å²) in [5, 5.41) is 6.30. The second kappa shape index (κ2) is 13.4. The summed E-state index contributed by atoms with van der Waals surface area (Å²) in [6.45, 7) is 9.50. The van der Waals surface area contributed by atoms with Gasteiger partial charge in [-0.3, -0.25) is 9.59 Å². The molecule has 0 radical (unpaired) electrons. The number of carbonyl (C=O) groups excluding carboxylic acids is 2. The van der Waals surface area contributed by atoms with Crippen LogP contribution in [0.15, 0.2) is 66.7 Å². The third kappa shape index (κ3) is 7.68. The number of aryl methyl sites for hydroxylation is 1. The minimum Gasteiger partial charge on any atom is -0.497 e. The topological polar surface area (TPSA) is 70.7 Å². The number of nitrogens with one attached hydrogen (secondary N) is 2. The van der Waals surface area contributed by atoms with Crippen LogP contribution in [0.25, 0.3) is 0 Å². The fraction of sp³-hybridized carbons (Fsp3) is 0.333. The van der Waals surface area contributed by atoms with Gasteiger partial charge in [-0.25, -0.2) is 0 Å². The Morgan fingerprint density at radius 1 is 0.833 bits per heavy atom. The summed E-state index contributed by atoms with van der Waals surface area (Å²) in [6.07, 6.45) is 2.54. The molecule has 0 aliphatic heterocycles. The molecule has 1 amide bonds. The smallest absolute Gasteiger partial charge is 0.255 e. The van der Waals surface area contributed by atoms with Crippen LogP contribution >= 0.6 is 0 Å². The third-order valence-electron chi connectivity index (χ3n) is 6.34. The summed E-state index contributed by atoms with van der Waals surface area (Å²) in [7, 11) is 1.59. The van der Waals surface area contributed by atoms with Crippen LogP contribution in [-0.2, 0) is 0 Å². The number of amides is 1. The molecule has 0 saturated heterocycles. The van der Waals surface area contributed by atoms with E-state index in [2.05, 4.69) is 29.4 Å². The Kier molecular flexibility index (Phi) is 10.1. The van der Waals surface area contributed by atoms with Crippen molar-refractivity contribution in [2.24, 2.45) is 0 Å². The molecule has 0 atom stereocenters. The molecule has 0 aromatic heterocycles. The number of ketones is 1. The van der Waals surface area contributed by atoms with E-state index < -0.39 is 0 Å². The number of benzene rings is 3. The first kappa shape index (κ1) is 27.0. The van der Waals surface area contributed by atoms with E-state index in [1.54, 1.807) is 31.4 Å². The largest absolute Gasteiger partial charge is 0.497 e. The minimum absolute atomic E-state index is 0.178. The highest BCUT2D eigenvalue weighted by Crippen LogP contribution is 2.24. The Bertz CT molecular complexity index is 1140. The quantitative estimate of drug-likeness (QED) is 0.207. The lowest BCUT2D eigenvalue weighted by atomic mass is 10.0. The highest BCUT2D eigenvalue weighted by molar-refractivity contribution is 6.04. The number of carbonyl (C=O) groups is 2. The maximum absolute atomic E-state index is 12.6. The number of hydrogen-bond donors (Lipinski definition) is 2. The lowest BCUT2D eigenvalue weighted by molar-refractivity contribution is 0.0976. The van der Waals surface area contributed by atoms with Crippen molar-refractivity contribution in [2.75, 3.05) is 37.4 Å². The predicted octanol–water partition coefficient (Wildman–Crippen LogP) is 6.69. The Labute approximate surface area is 214 Å². The van der Waals surface area contributed by atoms with Crippen molar-refractivity contribution >= 4 is 28.8 Å². The molecule has 0 heterocycles. The number of ether oxygens (including phenoxy) is 1. The SMILES string of the molecule is CCN(CC)CCCCC(=O)c1ccc(Nc2ccc(NC(=O)c3ccc(OC)cc3)cc2)c(C)c1. The van der Waals surface area contributed by atoms with Gasteiger partial charge in [-0.2, -0.15) is 0 Å². The second-order valence-electron chi connectivity index (χ2n) is 8.82. The van der Waals surface area contributed by atoms with Crippen molar-refractivity contribution < 1.29 is 14.3 Å². The van der Waals surface area contributed by atoms with E-state index in [0.717, 1.165) is 55.0 Å². The van der Waals surface area contributed by atoms with Gasteiger partial charge in [0.2, 0.25) is 0 Å². The molecule has 0 saturated carbocycles. The zero-order valence-corrected chi connectivity index (χ0v) is 21.8. The number of Topliss-reactive ketones (excluding diaryl/α,β-unsaturated/α-hetero) is 1. The van der Waals surface area contributed by atoms with Gasteiger partial charge in [-0.05, 0) is 112 Å². The average Bonchev–Trinajstić information content (AvgIpc) is 2.90. The highest BCUT2D eigenvalue weighted by atomic mass is 16.5. The summed E-state index contributed by atoms with van der Waals surface area (Å²) < 4.78 is 5.13. The lowest BCUT2D eigenvalue weighted by Crippen LogP contribution is -2.24. The lowest BCUT2D eigenvalue weighted by Gasteiger charge is -2.17. The molecular formula is C30H37N3O3. The standard InChI is InChI=1S/C30H37N3O3/c1-5-33(6-2)20-8-7-9-29(34)24-12-19-28(22(3)21-24)31-25-13-15-26(16-14-25)32-30(35)23-10-17-27(36-4)18-11-23/h10-19,21,31H,5-9,20H2,1-4H3,(H,32,35). The van der Waals surface area contributed by atoms with E-state index >= 15 is 0 Å².